The summed E-state index contributed by atoms with van der Waals surface area (Å²) in [7, 11) is 0. The zero-order valence-corrected chi connectivity index (χ0v) is 14.0. The molecule has 2 heterocycles. The van der Waals surface area contributed by atoms with Crippen molar-refractivity contribution in [3.05, 3.63) is 47.8 Å². The van der Waals surface area contributed by atoms with E-state index in [1.807, 2.05) is 43.5 Å². The molecule has 3 unspecified atom stereocenters. The second-order valence-electron chi connectivity index (χ2n) is 6.29. The monoisotopic (exact) mass is 339 g/mol. The van der Waals surface area contributed by atoms with Crippen LogP contribution in [0.2, 0.25) is 0 Å². The third-order valence-electron chi connectivity index (χ3n) is 4.76. The molecular formula is C18H21N5O2. The number of fused-ring (bicyclic) bond motifs is 3. The van der Waals surface area contributed by atoms with Crippen LogP contribution in [0.3, 0.4) is 0 Å². The van der Waals surface area contributed by atoms with E-state index in [1.54, 1.807) is 0 Å². The van der Waals surface area contributed by atoms with Crippen molar-refractivity contribution in [2.45, 2.75) is 31.8 Å². The van der Waals surface area contributed by atoms with Gasteiger partial charge in [0.1, 0.15) is 6.04 Å². The number of aryl methyl sites for hydroxylation is 1. The Bertz CT molecular complexity index is 767. The zero-order chi connectivity index (χ0) is 17.2. The first-order chi connectivity index (χ1) is 12.3. The van der Waals surface area contributed by atoms with Crippen LogP contribution in [0, 0.1) is 5.92 Å². The van der Waals surface area contributed by atoms with Crippen molar-refractivity contribution in [2.75, 3.05) is 11.9 Å². The van der Waals surface area contributed by atoms with Gasteiger partial charge in [-0.15, -0.1) is 0 Å². The Morgan fingerprint density at radius 1 is 1.32 bits per heavy atom. The van der Waals surface area contributed by atoms with E-state index in [0.29, 0.717) is 12.6 Å². The summed E-state index contributed by atoms with van der Waals surface area (Å²) in [4.78, 5) is 21.3. The van der Waals surface area contributed by atoms with Crippen molar-refractivity contribution < 1.29 is 9.53 Å². The number of nitrogens with zero attached hydrogens (tertiary/aromatic N) is 2. The zero-order valence-electron chi connectivity index (χ0n) is 14.0. The van der Waals surface area contributed by atoms with Crippen LogP contribution in [0.5, 0.6) is 0 Å². The summed E-state index contributed by atoms with van der Waals surface area (Å²) in [5, 5.41) is 3.23. The van der Waals surface area contributed by atoms with Gasteiger partial charge in [0.15, 0.2) is 0 Å². The summed E-state index contributed by atoms with van der Waals surface area (Å²) in [5.41, 5.74) is 9.33. The van der Waals surface area contributed by atoms with E-state index in [9.17, 15) is 4.79 Å². The molecule has 2 aliphatic rings. The molecule has 2 aromatic rings. The molecule has 130 valence electrons. The number of para-hydroxylation sites is 1. The van der Waals surface area contributed by atoms with Crippen LogP contribution in [-0.4, -0.2) is 28.6 Å². The van der Waals surface area contributed by atoms with Gasteiger partial charge < -0.3 is 10.1 Å². The molecule has 1 aromatic heterocycles. The number of anilines is 2. The third-order valence-corrected chi connectivity index (χ3v) is 4.76. The fourth-order valence-electron chi connectivity index (χ4n) is 3.57. The lowest BCUT2D eigenvalue weighted by atomic mass is 9.80. The van der Waals surface area contributed by atoms with Crippen molar-refractivity contribution in [3.8, 4) is 0 Å². The Labute approximate surface area is 146 Å². The van der Waals surface area contributed by atoms with Crippen molar-refractivity contribution in [1.29, 1.82) is 0 Å². The van der Waals surface area contributed by atoms with Gasteiger partial charge in [0, 0.05) is 17.8 Å². The van der Waals surface area contributed by atoms with Gasteiger partial charge >= 0.3 is 5.97 Å². The van der Waals surface area contributed by atoms with Crippen molar-refractivity contribution in [2.24, 2.45) is 5.92 Å². The Kier molecular flexibility index (Phi) is 4.33. The standard InChI is InChI=1S/C18H21N5O2/c1-2-25-17(24)16-13-9-8-11-10-19-18(20-12-6-4-3-5-7-12)21-14(11)15(13)22-23-16/h3-7,10,13,15-16,22-23H,2,8-9H2,1H3,(H,19,20,21). The Hall–Kier alpha value is -2.51. The van der Waals surface area contributed by atoms with E-state index in [-0.39, 0.29) is 24.0 Å². The summed E-state index contributed by atoms with van der Waals surface area (Å²) < 4.78 is 5.18. The fourth-order valence-corrected chi connectivity index (χ4v) is 3.57. The van der Waals surface area contributed by atoms with Gasteiger partial charge in [-0.1, -0.05) is 18.2 Å². The Balaban J connectivity index is 1.57. The molecule has 1 fully saturated rings. The summed E-state index contributed by atoms with van der Waals surface area (Å²) in [5.74, 6) is 0.487. The van der Waals surface area contributed by atoms with Crippen LogP contribution in [0.15, 0.2) is 36.5 Å². The van der Waals surface area contributed by atoms with E-state index in [1.165, 1.54) is 0 Å². The number of ether oxygens (including phenoxy) is 1. The van der Waals surface area contributed by atoms with Crippen LogP contribution >= 0.6 is 0 Å². The van der Waals surface area contributed by atoms with Crippen LogP contribution in [0.1, 0.15) is 30.6 Å². The highest BCUT2D eigenvalue weighted by atomic mass is 16.5. The number of carbonyl (C=O) groups excluding carboxylic acids is 1. The predicted octanol–water partition coefficient (Wildman–Crippen LogP) is 1.86. The largest absolute Gasteiger partial charge is 0.465 e. The number of carbonyl (C=O) groups is 1. The predicted molar refractivity (Wildman–Crippen MR) is 93.0 cm³/mol. The van der Waals surface area contributed by atoms with Crippen LogP contribution in [-0.2, 0) is 16.0 Å². The number of hydrazine groups is 1. The number of hydrogen-bond donors (Lipinski definition) is 3. The molecule has 1 aliphatic heterocycles. The lowest BCUT2D eigenvalue weighted by Crippen LogP contribution is -2.40. The first-order valence-electron chi connectivity index (χ1n) is 8.62. The molecule has 4 rings (SSSR count). The minimum atomic E-state index is -0.335. The molecule has 3 atom stereocenters. The topological polar surface area (TPSA) is 88.2 Å². The number of nitrogens with one attached hydrogen (secondary N) is 3. The molecular weight excluding hydrogens is 318 g/mol. The maximum Gasteiger partial charge on any atom is 0.324 e. The van der Waals surface area contributed by atoms with Gasteiger partial charge in [0.2, 0.25) is 5.95 Å². The van der Waals surface area contributed by atoms with Gasteiger partial charge in [-0.25, -0.2) is 20.8 Å². The second kappa shape index (κ2) is 6.78. The lowest BCUT2D eigenvalue weighted by Gasteiger charge is -2.28. The van der Waals surface area contributed by atoms with E-state index in [0.717, 1.165) is 29.8 Å². The molecule has 1 aromatic carbocycles. The maximum atomic E-state index is 12.2. The average Bonchev–Trinajstić information content (AvgIpc) is 3.07. The number of esters is 1. The second-order valence-corrected chi connectivity index (χ2v) is 6.29. The number of hydrogen-bond acceptors (Lipinski definition) is 7. The highest BCUT2D eigenvalue weighted by molar-refractivity contribution is 5.76. The van der Waals surface area contributed by atoms with Gasteiger partial charge in [-0.2, -0.15) is 0 Å². The average molecular weight is 339 g/mol. The van der Waals surface area contributed by atoms with E-state index in [2.05, 4.69) is 21.2 Å². The molecule has 0 radical (unpaired) electrons. The molecule has 0 spiro atoms. The van der Waals surface area contributed by atoms with E-state index in [4.69, 9.17) is 9.72 Å². The Morgan fingerprint density at radius 3 is 2.96 bits per heavy atom. The maximum absolute atomic E-state index is 12.2. The number of aromatic nitrogens is 2. The molecule has 25 heavy (non-hydrogen) atoms. The minimum Gasteiger partial charge on any atom is -0.465 e. The van der Waals surface area contributed by atoms with Crippen LogP contribution in [0.25, 0.3) is 0 Å². The summed E-state index contributed by atoms with van der Waals surface area (Å²) in [6, 6.07) is 9.48. The first-order valence-corrected chi connectivity index (χ1v) is 8.62. The Morgan fingerprint density at radius 2 is 2.16 bits per heavy atom. The summed E-state index contributed by atoms with van der Waals surface area (Å²) in [6.45, 7) is 2.21. The summed E-state index contributed by atoms with van der Waals surface area (Å²) in [6.07, 6.45) is 3.64. The molecule has 1 saturated heterocycles. The lowest BCUT2D eigenvalue weighted by molar-refractivity contribution is -0.146. The van der Waals surface area contributed by atoms with Crippen LogP contribution < -0.4 is 16.2 Å². The van der Waals surface area contributed by atoms with E-state index < -0.39 is 0 Å². The van der Waals surface area contributed by atoms with Crippen LogP contribution in [0.4, 0.5) is 11.6 Å². The van der Waals surface area contributed by atoms with Crippen molar-refractivity contribution in [1.82, 2.24) is 20.8 Å². The van der Waals surface area contributed by atoms with Gasteiger partial charge in [0.25, 0.3) is 0 Å². The summed E-state index contributed by atoms with van der Waals surface area (Å²) >= 11 is 0. The quantitative estimate of drug-likeness (QED) is 0.733. The highest BCUT2D eigenvalue weighted by Crippen LogP contribution is 2.38. The van der Waals surface area contributed by atoms with Gasteiger partial charge in [0.05, 0.1) is 18.3 Å². The molecule has 7 nitrogen and oxygen atoms in total. The molecule has 0 bridgehead atoms. The van der Waals surface area contributed by atoms with Gasteiger partial charge in [-0.05, 0) is 37.5 Å². The first kappa shape index (κ1) is 16.0. The van der Waals surface area contributed by atoms with Crippen molar-refractivity contribution in [3.63, 3.8) is 0 Å². The number of rotatable bonds is 4. The molecule has 0 saturated carbocycles. The fraction of sp³-hybridized carbons (Fsp3) is 0.389. The molecule has 1 aliphatic carbocycles. The normalized spacial score (nSPS) is 24.3. The van der Waals surface area contributed by atoms with Gasteiger partial charge in [-0.3, -0.25) is 4.79 Å². The third kappa shape index (κ3) is 3.08. The molecule has 7 heteroatoms. The van der Waals surface area contributed by atoms with Crippen molar-refractivity contribution >= 4 is 17.6 Å². The smallest absolute Gasteiger partial charge is 0.324 e. The molecule has 3 N–H and O–H groups in total. The SMILES string of the molecule is CCOC(=O)C1NNC2c3nc(Nc4ccccc4)ncc3CCC12. The molecule has 0 amide bonds. The number of benzene rings is 1. The van der Waals surface area contributed by atoms with E-state index >= 15 is 0 Å². The minimum absolute atomic E-state index is 0.0162. The highest BCUT2D eigenvalue weighted by Gasteiger charge is 2.45.